The molecule has 1 N–H and O–H groups in total. The first-order chi connectivity index (χ1) is 9.57. The first-order valence-electron chi connectivity index (χ1n) is 7.94. The van der Waals surface area contributed by atoms with Crippen molar-refractivity contribution in [3.8, 4) is 0 Å². The van der Waals surface area contributed by atoms with Crippen molar-refractivity contribution in [3.05, 3.63) is 0 Å². The third-order valence-electron chi connectivity index (χ3n) is 4.90. The molecule has 20 heavy (non-hydrogen) atoms. The summed E-state index contributed by atoms with van der Waals surface area (Å²) in [6.07, 6.45) is 1.96. The summed E-state index contributed by atoms with van der Waals surface area (Å²) in [6, 6.07) is 0. The van der Waals surface area contributed by atoms with Gasteiger partial charge in [0.15, 0.2) is 0 Å². The van der Waals surface area contributed by atoms with Crippen molar-refractivity contribution < 1.29 is 4.79 Å². The molecule has 1 atom stereocenters. The van der Waals surface area contributed by atoms with E-state index in [2.05, 4.69) is 41.0 Å². The number of hydrogen-bond acceptors (Lipinski definition) is 4. The average Bonchev–Trinajstić information content (AvgIpc) is 2.95. The topological polar surface area (TPSA) is 38.8 Å². The van der Waals surface area contributed by atoms with Gasteiger partial charge in [0.05, 0.1) is 5.41 Å². The molecule has 0 saturated carbocycles. The molecule has 2 aliphatic rings. The molecule has 0 radical (unpaired) electrons. The number of carbonyl (C=O) groups is 1. The molecular formula is C15H30N4O. The van der Waals surface area contributed by atoms with Gasteiger partial charge >= 0.3 is 0 Å². The smallest absolute Gasteiger partial charge is 0.230 e. The maximum atomic E-state index is 12.8. The van der Waals surface area contributed by atoms with Crippen molar-refractivity contribution in [3.63, 3.8) is 0 Å². The molecule has 2 aliphatic heterocycles. The third kappa shape index (κ3) is 3.51. The largest absolute Gasteiger partial charge is 0.340 e. The Bertz CT molecular complexity index is 318. The van der Waals surface area contributed by atoms with Crippen LogP contribution in [-0.4, -0.2) is 87.1 Å². The molecule has 0 aromatic carbocycles. The minimum Gasteiger partial charge on any atom is -0.340 e. The van der Waals surface area contributed by atoms with Gasteiger partial charge in [-0.3, -0.25) is 9.69 Å². The van der Waals surface area contributed by atoms with E-state index >= 15 is 0 Å². The zero-order chi connectivity index (χ0) is 14.6. The lowest BCUT2D eigenvalue weighted by Gasteiger charge is -2.39. The van der Waals surface area contributed by atoms with Crippen LogP contribution in [0.4, 0.5) is 0 Å². The van der Waals surface area contributed by atoms with Gasteiger partial charge in [-0.05, 0) is 33.5 Å². The Morgan fingerprint density at radius 1 is 1.25 bits per heavy atom. The molecule has 0 spiro atoms. The summed E-state index contributed by atoms with van der Waals surface area (Å²) < 4.78 is 0. The van der Waals surface area contributed by atoms with Gasteiger partial charge in [0.25, 0.3) is 0 Å². The molecule has 2 fully saturated rings. The number of carbonyl (C=O) groups excluding carboxylic acids is 1. The summed E-state index contributed by atoms with van der Waals surface area (Å²) in [5, 5.41) is 3.36. The van der Waals surface area contributed by atoms with E-state index < -0.39 is 0 Å². The summed E-state index contributed by atoms with van der Waals surface area (Å²) in [5.41, 5.74) is -0.119. The number of nitrogens with zero attached hydrogens (tertiary/aromatic N) is 3. The second-order valence-electron chi connectivity index (χ2n) is 6.50. The number of hydrogen-bond donors (Lipinski definition) is 1. The van der Waals surface area contributed by atoms with Gasteiger partial charge in [-0.2, -0.15) is 0 Å². The van der Waals surface area contributed by atoms with Gasteiger partial charge < -0.3 is 15.1 Å². The van der Waals surface area contributed by atoms with Crippen molar-refractivity contribution in [2.24, 2.45) is 5.41 Å². The van der Waals surface area contributed by atoms with Crippen LogP contribution in [-0.2, 0) is 4.79 Å². The normalized spacial score (nSPS) is 28.3. The average molecular weight is 282 g/mol. The number of nitrogens with one attached hydrogen (secondary N) is 1. The van der Waals surface area contributed by atoms with Crippen molar-refractivity contribution >= 4 is 5.91 Å². The quantitative estimate of drug-likeness (QED) is 0.775. The lowest BCUT2D eigenvalue weighted by Crippen LogP contribution is -2.54. The Kier molecular flexibility index (Phi) is 5.41. The molecule has 0 aromatic heterocycles. The summed E-state index contributed by atoms with van der Waals surface area (Å²) in [7, 11) is 4.22. The van der Waals surface area contributed by atoms with E-state index in [1.165, 1.54) is 0 Å². The molecule has 0 aromatic rings. The molecule has 1 amide bonds. The lowest BCUT2D eigenvalue weighted by atomic mass is 9.82. The fourth-order valence-electron chi connectivity index (χ4n) is 3.23. The highest BCUT2D eigenvalue weighted by Crippen LogP contribution is 2.32. The first-order valence-corrected chi connectivity index (χ1v) is 7.94. The zero-order valence-corrected chi connectivity index (χ0v) is 13.3. The Balaban J connectivity index is 1.82. The number of piperazine rings is 1. The maximum absolute atomic E-state index is 12.8. The van der Waals surface area contributed by atoms with E-state index in [1.54, 1.807) is 0 Å². The molecule has 2 heterocycles. The molecule has 116 valence electrons. The number of rotatable bonds is 5. The molecule has 1 unspecified atom stereocenters. The third-order valence-corrected chi connectivity index (χ3v) is 4.90. The molecule has 0 bridgehead atoms. The minimum atomic E-state index is -0.119. The van der Waals surface area contributed by atoms with Crippen molar-refractivity contribution in [1.82, 2.24) is 20.0 Å². The van der Waals surface area contributed by atoms with Crippen LogP contribution in [0.25, 0.3) is 0 Å². The Labute approximate surface area is 123 Å². The molecule has 0 aliphatic carbocycles. The van der Waals surface area contributed by atoms with Crippen LogP contribution >= 0.6 is 0 Å². The van der Waals surface area contributed by atoms with Gasteiger partial charge in [0, 0.05) is 45.8 Å². The highest BCUT2D eigenvalue weighted by Gasteiger charge is 2.42. The van der Waals surface area contributed by atoms with E-state index in [9.17, 15) is 4.79 Å². The van der Waals surface area contributed by atoms with E-state index in [0.717, 1.165) is 65.2 Å². The standard InChI is InChI=1S/C15H30N4O/c1-4-15(5-6-16-13-15)14(20)19-11-9-18(10-12-19)8-7-17(2)3/h16H,4-13H2,1-3H3. The first kappa shape index (κ1) is 15.7. The molecule has 5 heteroatoms. The number of amides is 1. The summed E-state index contributed by atoms with van der Waals surface area (Å²) in [5.74, 6) is 0.386. The zero-order valence-electron chi connectivity index (χ0n) is 13.3. The second-order valence-corrected chi connectivity index (χ2v) is 6.50. The minimum absolute atomic E-state index is 0.119. The Morgan fingerprint density at radius 3 is 2.45 bits per heavy atom. The summed E-state index contributed by atoms with van der Waals surface area (Å²) in [4.78, 5) is 19.6. The Hall–Kier alpha value is -0.650. The van der Waals surface area contributed by atoms with Crippen LogP contribution in [0, 0.1) is 5.41 Å². The van der Waals surface area contributed by atoms with Crippen LogP contribution in [0.2, 0.25) is 0 Å². The van der Waals surface area contributed by atoms with Gasteiger partial charge in [-0.25, -0.2) is 0 Å². The van der Waals surface area contributed by atoms with Gasteiger partial charge in [0.1, 0.15) is 0 Å². The predicted octanol–water partition coefficient (Wildman–Crippen LogP) is 0.0819. The van der Waals surface area contributed by atoms with Crippen LogP contribution in [0.5, 0.6) is 0 Å². The molecule has 5 nitrogen and oxygen atoms in total. The molecule has 2 saturated heterocycles. The van der Waals surface area contributed by atoms with E-state index in [0.29, 0.717) is 5.91 Å². The maximum Gasteiger partial charge on any atom is 0.230 e. The number of likely N-dealkylation sites (N-methyl/N-ethyl adjacent to an activating group) is 1. The fourth-order valence-corrected chi connectivity index (χ4v) is 3.23. The molecule has 2 rings (SSSR count). The SMILES string of the molecule is CCC1(C(=O)N2CCN(CCN(C)C)CC2)CCNC1. The van der Waals surface area contributed by atoms with Gasteiger partial charge in [-0.15, -0.1) is 0 Å². The Morgan fingerprint density at radius 2 is 1.95 bits per heavy atom. The highest BCUT2D eigenvalue weighted by atomic mass is 16.2. The van der Waals surface area contributed by atoms with Gasteiger partial charge in [0.2, 0.25) is 5.91 Å². The predicted molar refractivity (Wildman–Crippen MR) is 81.8 cm³/mol. The summed E-state index contributed by atoms with van der Waals surface area (Å²) in [6.45, 7) is 10.0. The van der Waals surface area contributed by atoms with Crippen molar-refractivity contribution in [2.75, 3.05) is 66.5 Å². The highest BCUT2D eigenvalue weighted by molar-refractivity contribution is 5.83. The van der Waals surface area contributed by atoms with E-state index in [-0.39, 0.29) is 5.41 Å². The van der Waals surface area contributed by atoms with E-state index in [1.807, 2.05) is 0 Å². The molecular weight excluding hydrogens is 252 g/mol. The second kappa shape index (κ2) is 6.87. The fraction of sp³-hybridized carbons (Fsp3) is 0.933. The van der Waals surface area contributed by atoms with Crippen LogP contribution in [0.1, 0.15) is 19.8 Å². The van der Waals surface area contributed by atoms with Crippen molar-refractivity contribution in [2.45, 2.75) is 19.8 Å². The summed E-state index contributed by atoms with van der Waals surface area (Å²) >= 11 is 0. The van der Waals surface area contributed by atoms with Crippen LogP contribution < -0.4 is 5.32 Å². The van der Waals surface area contributed by atoms with Gasteiger partial charge in [-0.1, -0.05) is 6.92 Å². The monoisotopic (exact) mass is 282 g/mol. The van der Waals surface area contributed by atoms with Crippen LogP contribution in [0.3, 0.4) is 0 Å². The lowest BCUT2D eigenvalue weighted by molar-refractivity contribution is -0.143. The van der Waals surface area contributed by atoms with Crippen LogP contribution in [0.15, 0.2) is 0 Å². The van der Waals surface area contributed by atoms with E-state index in [4.69, 9.17) is 0 Å². The van der Waals surface area contributed by atoms with Crippen molar-refractivity contribution in [1.29, 1.82) is 0 Å².